The van der Waals surface area contributed by atoms with Gasteiger partial charge in [0.2, 0.25) is 0 Å². The maximum Gasteiger partial charge on any atom is 0.339 e. The molecular formula is C11H14O4. The normalized spacial score (nSPS) is 10.1. The number of carbonyl (C=O) groups is 1. The minimum atomic E-state index is -1.01. The first-order valence-electron chi connectivity index (χ1n) is 4.62. The molecule has 1 N–H and O–H groups in total. The van der Waals surface area contributed by atoms with Crippen molar-refractivity contribution in [1.82, 2.24) is 0 Å². The first kappa shape index (κ1) is 11.4. The molecule has 82 valence electrons. The van der Waals surface area contributed by atoms with E-state index >= 15 is 0 Å². The maximum atomic E-state index is 10.9. The van der Waals surface area contributed by atoms with Gasteiger partial charge in [-0.25, -0.2) is 4.79 Å². The molecule has 1 rings (SSSR count). The SMILES string of the molecule is COc1ccc(C(=O)O)c(OC(C)C)c1. The Bertz CT molecular complexity index is 358. The van der Waals surface area contributed by atoms with Gasteiger partial charge in [0.05, 0.1) is 13.2 Å². The quantitative estimate of drug-likeness (QED) is 0.827. The van der Waals surface area contributed by atoms with Gasteiger partial charge in [-0.05, 0) is 26.0 Å². The van der Waals surface area contributed by atoms with Crippen LogP contribution in [0.3, 0.4) is 0 Å². The molecule has 0 saturated heterocycles. The Morgan fingerprint density at radius 2 is 2.07 bits per heavy atom. The monoisotopic (exact) mass is 210 g/mol. The van der Waals surface area contributed by atoms with Crippen LogP contribution < -0.4 is 9.47 Å². The van der Waals surface area contributed by atoms with E-state index < -0.39 is 5.97 Å². The number of ether oxygens (including phenoxy) is 2. The Hall–Kier alpha value is -1.71. The molecule has 0 saturated carbocycles. The molecule has 4 nitrogen and oxygen atoms in total. The zero-order valence-corrected chi connectivity index (χ0v) is 8.98. The molecule has 0 radical (unpaired) electrons. The van der Waals surface area contributed by atoms with Crippen molar-refractivity contribution < 1.29 is 19.4 Å². The molecule has 0 aliphatic carbocycles. The van der Waals surface area contributed by atoms with Crippen LogP contribution in [-0.4, -0.2) is 24.3 Å². The lowest BCUT2D eigenvalue weighted by atomic mass is 10.2. The van der Waals surface area contributed by atoms with Crippen molar-refractivity contribution in [2.45, 2.75) is 20.0 Å². The minimum Gasteiger partial charge on any atom is -0.497 e. The second kappa shape index (κ2) is 4.68. The van der Waals surface area contributed by atoms with Crippen LogP contribution >= 0.6 is 0 Å². The third kappa shape index (κ3) is 2.87. The summed E-state index contributed by atoms with van der Waals surface area (Å²) in [4.78, 5) is 10.9. The van der Waals surface area contributed by atoms with Crippen molar-refractivity contribution in [3.63, 3.8) is 0 Å². The van der Waals surface area contributed by atoms with E-state index in [1.165, 1.54) is 13.2 Å². The van der Waals surface area contributed by atoms with Gasteiger partial charge in [0.25, 0.3) is 0 Å². The summed E-state index contributed by atoms with van der Waals surface area (Å²) in [6.45, 7) is 3.68. The molecule has 0 atom stereocenters. The fraction of sp³-hybridized carbons (Fsp3) is 0.364. The third-order valence-corrected chi connectivity index (χ3v) is 1.78. The summed E-state index contributed by atoms with van der Waals surface area (Å²) in [5.74, 6) is -0.0965. The van der Waals surface area contributed by atoms with E-state index in [0.717, 1.165) is 0 Å². The van der Waals surface area contributed by atoms with Crippen LogP contribution in [0.2, 0.25) is 0 Å². The molecule has 0 bridgehead atoms. The number of hydrogen-bond acceptors (Lipinski definition) is 3. The molecule has 0 aliphatic heterocycles. The standard InChI is InChI=1S/C11H14O4/c1-7(2)15-10-6-8(14-3)4-5-9(10)11(12)13/h4-7H,1-3H3,(H,12,13). The number of benzene rings is 1. The molecular weight excluding hydrogens is 196 g/mol. The topological polar surface area (TPSA) is 55.8 Å². The number of methoxy groups -OCH3 is 1. The fourth-order valence-corrected chi connectivity index (χ4v) is 1.16. The zero-order chi connectivity index (χ0) is 11.4. The second-order valence-corrected chi connectivity index (χ2v) is 3.33. The number of carboxylic acids is 1. The lowest BCUT2D eigenvalue weighted by Gasteiger charge is -2.13. The van der Waals surface area contributed by atoms with Crippen LogP contribution in [0.5, 0.6) is 11.5 Å². The molecule has 0 spiro atoms. The summed E-state index contributed by atoms with van der Waals surface area (Å²) in [6.07, 6.45) is -0.0739. The Kier molecular flexibility index (Phi) is 3.55. The lowest BCUT2D eigenvalue weighted by molar-refractivity contribution is 0.0690. The second-order valence-electron chi connectivity index (χ2n) is 3.33. The van der Waals surface area contributed by atoms with Gasteiger partial charge in [0.1, 0.15) is 17.1 Å². The van der Waals surface area contributed by atoms with E-state index in [4.69, 9.17) is 14.6 Å². The average molecular weight is 210 g/mol. The van der Waals surface area contributed by atoms with Crippen molar-refractivity contribution in [2.24, 2.45) is 0 Å². The Morgan fingerprint density at radius 3 is 2.53 bits per heavy atom. The van der Waals surface area contributed by atoms with Crippen molar-refractivity contribution >= 4 is 5.97 Å². The average Bonchev–Trinajstić information content (AvgIpc) is 2.16. The molecule has 0 aliphatic rings. The smallest absolute Gasteiger partial charge is 0.339 e. The van der Waals surface area contributed by atoms with Gasteiger partial charge in [-0.2, -0.15) is 0 Å². The van der Waals surface area contributed by atoms with Gasteiger partial charge in [0.15, 0.2) is 0 Å². The van der Waals surface area contributed by atoms with Crippen LogP contribution in [0, 0.1) is 0 Å². The Morgan fingerprint density at radius 1 is 1.40 bits per heavy atom. The Balaban J connectivity index is 3.10. The summed E-state index contributed by atoms with van der Waals surface area (Å²) < 4.78 is 10.4. The molecule has 0 amide bonds. The van der Waals surface area contributed by atoms with Crippen LogP contribution in [0.4, 0.5) is 0 Å². The number of rotatable bonds is 4. The summed E-state index contributed by atoms with van der Waals surface area (Å²) in [5, 5.41) is 8.92. The molecule has 0 unspecified atom stereocenters. The van der Waals surface area contributed by atoms with Gasteiger partial charge in [0, 0.05) is 6.07 Å². The molecule has 4 heteroatoms. The van der Waals surface area contributed by atoms with Gasteiger partial charge in [-0.3, -0.25) is 0 Å². The van der Waals surface area contributed by atoms with Crippen LogP contribution in [0.15, 0.2) is 18.2 Å². The van der Waals surface area contributed by atoms with Gasteiger partial charge in [-0.15, -0.1) is 0 Å². The summed E-state index contributed by atoms with van der Waals surface area (Å²) in [7, 11) is 1.52. The van der Waals surface area contributed by atoms with Crippen molar-refractivity contribution in [2.75, 3.05) is 7.11 Å². The predicted molar refractivity (Wildman–Crippen MR) is 55.7 cm³/mol. The van der Waals surface area contributed by atoms with E-state index in [9.17, 15) is 4.79 Å². The molecule has 0 heterocycles. The van der Waals surface area contributed by atoms with E-state index in [1.807, 2.05) is 13.8 Å². The van der Waals surface area contributed by atoms with Crippen LogP contribution in [0.1, 0.15) is 24.2 Å². The first-order valence-corrected chi connectivity index (χ1v) is 4.62. The summed E-state index contributed by atoms with van der Waals surface area (Å²) >= 11 is 0. The van der Waals surface area contributed by atoms with Crippen molar-refractivity contribution in [1.29, 1.82) is 0 Å². The van der Waals surface area contributed by atoms with Gasteiger partial charge < -0.3 is 14.6 Å². The van der Waals surface area contributed by atoms with E-state index in [-0.39, 0.29) is 11.7 Å². The summed E-state index contributed by atoms with van der Waals surface area (Å²) in [5.41, 5.74) is 0.143. The molecule has 1 aromatic rings. The maximum absolute atomic E-state index is 10.9. The highest BCUT2D eigenvalue weighted by Crippen LogP contribution is 2.25. The third-order valence-electron chi connectivity index (χ3n) is 1.78. The minimum absolute atomic E-state index is 0.0739. The van der Waals surface area contributed by atoms with Crippen molar-refractivity contribution in [3.8, 4) is 11.5 Å². The Labute approximate surface area is 88.4 Å². The van der Waals surface area contributed by atoms with E-state index in [1.54, 1.807) is 12.1 Å². The number of carboxylic acid groups (broad SMARTS) is 1. The predicted octanol–water partition coefficient (Wildman–Crippen LogP) is 2.18. The number of aromatic carboxylic acids is 1. The lowest BCUT2D eigenvalue weighted by Crippen LogP contribution is -2.10. The number of hydrogen-bond donors (Lipinski definition) is 1. The molecule has 15 heavy (non-hydrogen) atoms. The first-order chi connectivity index (χ1) is 7.04. The van der Waals surface area contributed by atoms with E-state index in [2.05, 4.69) is 0 Å². The fourth-order valence-electron chi connectivity index (χ4n) is 1.16. The van der Waals surface area contributed by atoms with Crippen molar-refractivity contribution in [3.05, 3.63) is 23.8 Å². The molecule has 0 fully saturated rings. The summed E-state index contributed by atoms with van der Waals surface area (Å²) in [6, 6.07) is 4.64. The van der Waals surface area contributed by atoms with Crippen LogP contribution in [-0.2, 0) is 0 Å². The molecule has 0 aromatic heterocycles. The highest BCUT2D eigenvalue weighted by Gasteiger charge is 2.13. The van der Waals surface area contributed by atoms with E-state index in [0.29, 0.717) is 11.5 Å². The van der Waals surface area contributed by atoms with Gasteiger partial charge in [-0.1, -0.05) is 0 Å². The highest BCUT2D eigenvalue weighted by atomic mass is 16.5. The highest BCUT2D eigenvalue weighted by molar-refractivity contribution is 5.91. The van der Waals surface area contributed by atoms with Gasteiger partial charge >= 0.3 is 5.97 Å². The van der Waals surface area contributed by atoms with Crippen LogP contribution in [0.25, 0.3) is 0 Å². The largest absolute Gasteiger partial charge is 0.497 e. The molecule has 1 aromatic carbocycles. The zero-order valence-electron chi connectivity index (χ0n) is 8.98.